The lowest BCUT2D eigenvalue weighted by Gasteiger charge is -2.50. The van der Waals surface area contributed by atoms with Crippen molar-refractivity contribution in [2.45, 2.75) is 50.8 Å². The molecule has 1 aromatic carbocycles. The first-order valence-corrected chi connectivity index (χ1v) is 12.9. The second-order valence-electron chi connectivity index (χ2n) is 11.4. The van der Waals surface area contributed by atoms with Crippen molar-refractivity contribution in [1.82, 2.24) is 9.80 Å². The summed E-state index contributed by atoms with van der Waals surface area (Å²) in [6.07, 6.45) is 2.92. The van der Waals surface area contributed by atoms with Crippen molar-refractivity contribution in [3.05, 3.63) is 57.6 Å². The number of likely N-dealkylation sites (tertiary alicyclic amines) is 1. The normalized spacial score (nSPS) is 30.9. The predicted octanol–water partition coefficient (Wildman–Crippen LogP) is 1.65. The highest BCUT2D eigenvalue weighted by molar-refractivity contribution is 6.24. The molecule has 0 spiro atoms. The molecule has 9 nitrogen and oxygen atoms in total. The Hall–Kier alpha value is -3.01. The highest BCUT2D eigenvalue weighted by Crippen LogP contribution is 2.51. The third-order valence-electron chi connectivity index (χ3n) is 8.88. The van der Waals surface area contributed by atoms with E-state index in [4.69, 9.17) is 5.73 Å². The minimum atomic E-state index is -2.54. The van der Waals surface area contributed by atoms with Crippen LogP contribution in [0.1, 0.15) is 47.7 Å². The lowest BCUT2D eigenvalue weighted by atomic mass is 9.58. The van der Waals surface area contributed by atoms with E-state index < -0.39 is 58.0 Å². The van der Waals surface area contributed by atoms with Gasteiger partial charge < -0.3 is 21.1 Å². The number of hydrogen-bond donors (Lipinski definition) is 4. The zero-order chi connectivity index (χ0) is 26.8. The number of carbonyl (C=O) groups excluding carboxylic acids is 3. The first kappa shape index (κ1) is 25.6. The SMILES string of the molecule is CC1CCN(Cc2cccc3c2C[C@H]2C[C@H]4[C@@H](N(C)C)C(O)=C(C(N)=O)C(=O)[C@@]4(O)C(O)=C2C3=O)CC1. The quantitative estimate of drug-likeness (QED) is 0.449. The first-order chi connectivity index (χ1) is 17.5. The highest BCUT2D eigenvalue weighted by Gasteiger charge is 2.63. The molecule has 1 saturated heterocycles. The second-order valence-corrected chi connectivity index (χ2v) is 11.4. The van der Waals surface area contributed by atoms with E-state index in [0.717, 1.165) is 43.6 Å². The summed E-state index contributed by atoms with van der Waals surface area (Å²) in [6.45, 7) is 5.01. The Labute approximate surface area is 216 Å². The standard InChI is InChI=1S/C28H35N3O6/c1-14-7-9-31(10-8-14)13-15-5-4-6-17-18(15)11-16-12-19-22(30(2)3)24(33)21(27(29)36)26(35)28(19,37)25(34)20(16)23(17)32/h4-6,14,16,19,22,33-34,37H,7-13H2,1-3H3,(H2,29,36)/t16-,19-,22+,28-/m0/s1. The maximum Gasteiger partial charge on any atom is 0.255 e. The molecule has 0 saturated carbocycles. The predicted molar refractivity (Wildman–Crippen MR) is 136 cm³/mol. The van der Waals surface area contributed by atoms with Crippen molar-refractivity contribution in [2.75, 3.05) is 27.2 Å². The van der Waals surface area contributed by atoms with Gasteiger partial charge in [-0.05, 0) is 75.8 Å². The summed E-state index contributed by atoms with van der Waals surface area (Å²) in [6, 6.07) is 4.64. The average Bonchev–Trinajstić information content (AvgIpc) is 2.83. The van der Waals surface area contributed by atoms with Crippen LogP contribution in [0.25, 0.3) is 0 Å². The van der Waals surface area contributed by atoms with E-state index in [1.54, 1.807) is 25.1 Å². The lowest BCUT2D eigenvalue weighted by molar-refractivity contribution is -0.148. The topological polar surface area (TPSA) is 144 Å². The summed E-state index contributed by atoms with van der Waals surface area (Å²) < 4.78 is 0. The van der Waals surface area contributed by atoms with Gasteiger partial charge in [0.1, 0.15) is 17.1 Å². The molecule has 0 unspecified atom stereocenters. The van der Waals surface area contributed by atoms with Crippen LogP contribution in [0.3, 0.4) is 0 Å². The Morgan fingerprint density at radius 3 is 2.49 bits per heavy atom. The van der Waals surface area contributed by atoms with Crippen molar-refractivity contribution < 1.29 is 29.7 Å². The molecule has 3 aliphatic carbocycles. The molecule has 1 fully saturated rings. The fraction of sp³-hybridized carbons (Fsp3) is 0.536. The summed E-state index contributed by atoms with van der Waals surface area (Å²) in [7, 11) is 3.29. The van der Waals surface area contributed by atoms with E-state index in [1.807, 2.05) is 12.1 Å². The van der Waals surface area contributed by atoms with Crippen LogP contribution in [0.15, 0.2) is 40.9 Å². The van der Waals surface area contributed by atoms with Crippen molar-refractivity contribution in [3.8, 4) is 0 Å². The number of aliphatic hydroxyl groups is 3. The minimum Gasteiger partial charge on any atom is -0.510 e. The van der Waals surface area contributed by atoms with Crippen molar-refractivity contribution in [2.24, 2.45) is 23.5 Å². The Morgan fingerprint density at radius 2 is 1.86 bits per heavy atom. The van der Waals surface area contributed by atoms with Crippen LogP contribution in [-0.2, 0) is 22.6 Å². The largest absolute Gasteiger partial charge is 0.510 e. The van der Waals surface area contributed by atoms with Gasteiger partial charge >= 0.3 is 0 Å². The molecule has 5 N–H and O–H groups in total. The maximum absolute atomic E-state index is 13.8. The number of piperidine rings is 1. The number of primary amides is 1. The number of rotatable bonds is 4. The number of nitrogens with two attached hydrogens (primary N) is 1. The number of nitrogens with zero attached hydrogens (tertiary/aromatic N) is 2. The molecule has 1 aromatic rings. The van der Waals surface area contributed by atoms with E-state index in [-0.39, 0.29) is 12.0 Å². The molecule has 0 aromatic heterocycles. The maximum atomic E-state index is 13.8. The van der Waals surface area contributed by atoms with Gasteiger partial charge in [-0.1, -0.05) is 25.1 Å². The van der Waals surface area contributed by atoms with Gasteiger partial charge in [-0.3, -0.25) is 24.2 Å². The Morgan fingerprint density at radius 1 is 1.19 bits per heavy atom. The van der Waals surface area contributed by atoms with Crippen LogP contribution in [0.5, 0.6) is 0 Å². The van der Waals surface area contributed by atoms with E-state index in [9.17, 15) is 29.7 Å². The summed E-state index contributed by atoms with van der Waals surface area (Å²) in [5.41, 5.74) is 4.57. The molecule has 0 radical (unpaired) electrons. The number of hydrogen-bond acceptors (Lipinski definition) is 8. The molecule has 4 aliphatic rings. The van der Waals surface area contributed by atoms with Gasteiger partial charge in [0, 0.05) is 23.6 Å². The van der Waals surface area contributed by atoms with Crippen molar-refractivity contribution >= 4 is 17.5 Å². The van der Waals surface area contributed by atoms with Gasteiger partial charge in [-0.2, -0.15) is 0 Å². The molecule has 37 heavy (non-hydrogen) atoms. The summed E-state index contributed by atoms with van der Waals surface area (Å²) >= 11 is 0. The second kappa shape index (κ2) is 9.08. The lowest BCUT2D eigenvalue weighted by Crippen LogP contribution is -2.63. The van der Waals surface area contributed by atoms with Crippen LogP contribution in [-0.4, -0.2) is 81.4 Å². The Kier molecular flexibility index (Phi) is 6.29. The third kappa shape index (κ3) is 3.83. The first-order valence-electron chi connectivity index (χ1n) is 12.9. The number of ketones is 2. The third-order valence-corrected chi connectivity index (χ3v) is 8.88. The number of benzene rings is 1. The number of likely N-dealkylation sites (N-methyl/N-ethyl adjacent to an activating group) is 1. The molecule has 1 aliphatic heterocycles. The van der Waals surface area contributed by atoms with E-state index in [0.29, 0.717) is 17.9 Å². The van der Waals surface area contributed by atoms with Gasteiger partial charge in [-0.15, -0.1) is 0 Å². The molecule has 4 atom stereocenters. The Bertz CT molecular complexity index is 1240. The van der Waals surface area contributed by atoms with Crippen LogP contribution in [0.2, 0.25) is 0 Å². The highest BCUT2D eigenvalue weighted by atomic mass is 16.3. The molecule has 1 amide bonds. The smallest absolute Gasteiger partial charge is 0.255 e. The molecular weight excluding hydrogens is 474 g/mol. The van der Waals surface area contributed by atoms with Gasteiger partial charge in [0.05, 0.1) is 6.04 Å². The van der Waals surface area contributed by atoms with Crippen molar-refractivity contribution in [3.63, 3.8) is 0 Å². The van der Waals surface area contributed by atoms with Gasteiger partial charge in [0.25, 0.3) is 5.91 Å². The van der Waals surface area contributed by atoms with E-state index in [1.165, 1.54) is 0 Å². The number of allylic oxidation sites excluding steroid dienone is 1. The summed E-state index contributed by atoms with van der Waals surface area (Å²) in [5.74, 6) is -4.75. The number of carbonyl (C=O) groups is 3. The minimum absolute atomic E-state index is 0.00580. The van der Waals surface area contributed by atoms with Crippen LogP contribution >= 0.6 is 0 Å². The van der Waals surface area contributed by atoms with Crippen molar-refractivity contribution in [1.29, 1.82) is 0 Å². The number of amides is 1. The monoisotopic (exact) mass is 509 g/mol. The zero-order valence-corrected chi connectivity index (χ0v) is 21.5. The van der Waals surface area contributed by atoms with E-state index >= 15 is 0 Å². The van der Waals surface area contributed by atoms with Crippen LogP contribution in [0, 0.1) is 17.8 Å². The Balaban J connectivity index is 1.58. The number of aliphatic hydroxyl groups excluding tert-OH is 2. The number of Topliss-reactive ketones (excluding diaryl/α,β-unsaturated/α-hetero) is 2. The molecule has 9 heteroatoms. The van der Waals surface area contributed by atoms with Gasteiger partial charge in [0.15, 0.2) is 11.4 Å². The fourth-order valence-electron chi connectivity index (χ4n) is 6.86. The molecule has 0 bridgehead atoms. The van der Waals surface area contributed by atoms with Crippen LogP contribution < -0.4 is 5.73 Å². The molecule has 198 valence electrons. The van der Waals surface area contributed by atoms with Gasteiger partial charge in [0.2, 0.25) is 5.78 Å². The van der Waals surface area contributed by atoms with Crippen LogP contribution in [0.4, 0.5) is 0 Å². The zero-order valence-electron chi connectivity index (χ0n) is 21.5. The summed E-state index contributed by atoms with van der Waals surface area (Å²) in [5, 5.41) is 33.9. The average molecular weight is 510 g/mol. The summed E-state index contributed by atoms with van der Waals surface area (Å²) in [4.78, 5) is 43.2. The van der Waals surface area contributed by atoms with Gasteiger partial charge in [-0.25, -0.2) is 0 Å². The molecule has 1 heterocycles. The molecule has 5 rings (SSSR count). The fourth-order valence-corrected chi connectivity index (χ4v) is 6.86. The number of fused-ring (bicyclic) bond motifs is 3. The molecular formula is C28H35N3O6. The van der Waals surface area contributed by atoms with E-state index in [2.05, 4.69) is 11.8 Å².